The Kier molecular flexibility index (Phi) is 7.69. The Hall–Kier alpha value is -3.56. The van der Waals surface area contributed by atoms with E-state index in [1.165, 1.54) is 15.6 Å². The van der Waals surface area contributed by atoms with Crippen molar-refractivity contribution in [3.8, 4) is 5.69 Å². The van der Waals surface area contributed by atoms with Gasteiger partial charge in [0.25, 0.3) is 0 Å². The predicted octanol–water partition coefficient (Wildman–Crippen LogP) is 8.15. The number of para-hydroxylation sites is 2. The first kappa shape index (κ1) is 28.4. The van der Waals surface area contributed by atoms with E-state index in [0.717, 1.165) is 10.9 Å². The zero-order valence-corrected chi connectivity index (χ0v) is 24.9. The van der Waals surface area contributed by atoms with E-state index in [1.807, 2.05) is 30.3 Å². The second-order valence-corrected chi connectivity index (χ2v) is 16.9. The zero-order valence-electron chi connectivity index (χ0n) is 23.9. The number of ether oxygens (including phenoxy) is 1. The molecule has 2 heterocycles. The highest BCUT2D eigenvalue weighted by molar-refractivity contribution is 6.74. The van der Waals surface area contributed by atoms with Gasteiger partial charge in [-0.15, -0.1) is 0 Å². The summed E-state index contributed by atoms with van der Waals surface area (Å²) in [6, 6.07) is 15.8. The Balaban J connectivity index is 1.85. The topological polar surface area (TPSA) is 69.5 Å². The number of hydrogen-bond acceptors (Lipinski definition) is 5. The van der Waals surface area contributed by atoms with Crippen molar-refractivity contribution < 1.29 is 18.3 Å². The summed E-state index contributed by atoms with van der Waals surface area (Å²) in [5.41, 5.74) is 1.52. The van der Waals surface area contributed by atoms with Crippen molar-refractivity contribution in [1.29, 1.82) is 0 Å². The maximum absolute atomic E-state index is 15.7. The number of carbonyl (C=O) groups is 1. The summed E-state index contributed by atoms with van der Waals surface area (Å²) < 4.78 is 29.4. The molecule has 0 saturated heterocycles. The van der Waals surface area contributed by atoms with Gasteiger partial charge < -0.3 is 9.16 Å². The summed E-state index contributed by atoms with van der Waals surface area (Å²) in [7, 11) is -2.09. The Bertz CT molecular complexity index is 1490. The van der Waals surface area contributed by atoms with Crippen LogP contribution in [0.25, 0.3) is 16.6 Å². The molecule has 4 rings (SSSR count). The number of halogens is 1. The molecule has 0 aliphatic heterocycles. The second kappa shape index (κ2) is 10.5. The normalized spacial score (nSPS) is 12.5. The van der Waals surface area contributed by atoms with Crippen molar-refractivity contribution in [3.63, 3.8) is 0 Å². The number of amides is 1. The minimum atomic E-state index is -2.09. The van der Waals surface area contributed by atoms with Crippen LogP contribution in [0.1, 0.15) is 47.2 Å². The molecule has 0 bridgehead atoms. The number of nitrogens with zero attached hydrogens (tertiary/aromatic N) is 4. The summed E-state index contributed by atoms with van der Waals surface area (Å²) in [6.45, 7) is 16.5. The summed E-state index contributed by atoms with van der Waals surface area (Å²) >= 11 is 0. The molecule has 0 aliphatic carbocycles. The maximum Gasteiger partial charge on any atom is 0.419 e. The molecular weight excluding hydrogens is 511 g/mol. The first-order valence-corrected chi connectivity index (χ1v) is 15.9. The van der Waals surface area contributed by atoms with Gasteiger partial charge >= 0.3 is 6.09 Å². The third-order valence-electron chi connectivity index (χ3n) is 6.94. The van der Waals surface area contributed by atoms with Crippen molar-refractivity contribution in [2.24, 2.45) is 0 Å². The highest BCUT2D eigenvalue weighted by Crippen LogP contribution is 2.38. The van der Waals surface area contributed by atoms with E-state index in [1.54, 1.807) is 51.4 Å². The Morgan fingerprint density at radius 1 is 1.03 bits per heavy atom. The highest BCUT2D eigenvalue weighted by Gasteiger charge is 2.37. The lowest BCUT2D eigenvalue weighted by atomic mass is 10.1. The smallest absolute Gasteiger partial charge is 0.419 e. The molecule has 2 aromatic heterocycles. The van der Waals surface area contributed by atoms with Gasteiger partial charge in [-0.25, -0.2) is 18.8 Å². The molecule has 0 spiro atoms. The minimum absolute atomic E-state index is 0.0115. The van der Waals surface area contributed by atoms with E-state index < -0.39 is 25.8 Å². The lowest BCUT2D eigenvalue weighted by Gasteiger charge is -2.36. The molecule has 7 nitrogen and oxygen atoms in total. The van der Waals surface area contributed by atoms with Crippen LogP contribution in [0.15, 0.2) is 67.0 Å². The van der Waals surface area contributed by atoms with E-state index in [9.17, 15) is 4.79 Å². The van der Waals surface area contributed by atoms with Crippen LogP contribution in [0.2, 0.25) is 18.1 Å². The van der Waals surface area contributed by atoms with Crippen LogP contribution in [-0.4, -0.2) is 34.8 Å². The van der Waals surface area contributed by atoms with Gasteiger partial charge in [-0.05, 0) is 69.2 Å². The number of aromatic nitrogens is 3. The molecule has 0 radical (unpaired) electrons. The molecule has 206 valence electrons. The lowest BCUT2D eigenvalue weighted by Crippen LogP contribution is -2.40. The minimum Gasteiger partial charge on any atom is -0.443 e. The number of carbonyl (C=O) groups excluding carboxylic acids is 1. The molecule has 0 unspecified atom stereocenters. The molecule has 0 fully saturated rings. The van der Waals surface area contributed by atoms with Gasteiger partial charge in [0.2, 0.25) is 0 Å². The average Bonchev–Trinajstić information content (AvgIpc) is 3.29. The fourth-order valence-corrected chi connectivity index (χ4v) is 4.78. The molecule has 0 saturated carbocycles. The van der Waals surface area contributed by atoms with Crippen molar-refractivity contribution >= 4 is 36.7 Å². The molecule has 0 atom stereocenters. The summed E-state index contributed by atoms with van der Waals surface area (Å²) in [4.78, 5) is 19.6. The van der Waals surface area contributed by atoms with Gasteiger partial charge in [-0.3, -0.25) is 4.98 Å². The predicted molar refractivity (Wildman–Crippen MR) is 156 cm³/mol. The van der Waals surface area contributed by atoms with Crippen LogP contribution in [-0.2, 0) is 15.8 Å². The third kappa shape index (κ3) is 6.20. The average molecular weight is 549 g/mol. The number of fused-ring (bicyclic) bond motifs is 1. The van der Waals surface area contributed by atoms with E-state index >= 15 is 4.39 Å². The van der Waals surface area contributed by atoms with Crippen LogP contribution in [0.4, 0.5) is 20.6 Å². The highest BCUT2D eigenvalue weighted by atomic mass is 28.4. The van der Waals surface area contributed by atoms with Gasteiger partial charge in [0, 0.05) is 11.6 Å². The maximum atomic E-state index is 15.7. The fourth-order valence-electron chi connectivity index (χ4n) is 3.84. The number of benzene rings is 2. The van der Waals surface area contributed by atoms with Crippen molar-refractivity contribution in [2.45, 2.75) is 71.9 Å². The first-order chi connectivity index (χ1) is 18.2. The number of anilines is 2. The first-order valence-electron chi connectivity index (χ1n) is 13.0. The summed E-state index contributed by atoms with van der Waals surface area (Å²) in [5, 5.41) is 5.30. The van der Waals surface area contributed by atoms with Crippen LogP contribution < -0.4 is 4.90 Å². The monoisotopic (exact) mass is 548 g/mol. The third-order valence-corrected chi connectivity index (χ3v) is 11.4. The van der Waals surface area contributed by atoms with Crippen molar-refractivity contribution in [2.75, 3.05) is 4.90 Å². The fraction of sp³-hybridized carbons (Fsp3) is 0.367. The lowest BCUT2D eigenvalue weighted by molar-refractivity contribution is 0.0599. The number of pyridine rings is 1. The van der Waals surface area contributed by atoms with Crippen LogP contribution in [0.5, 0.6) is 0 Å². The molecule has 0 aliphatic rings. The van der Waals surface area contributed by atoms with E-state index in [2.05, 4.69) is 43.9 Å². The summed E-state index contributed by atoms with van der Waals surface area (Å²) in [6.07, 6.45) is 2.54. The van der Waals surface area contributed by atoms with Gasteiger partial charge in [0.15, 0.2) is 14.1 Å². The molecule has 2 aromatic carbocycles. The Morgan fingerprint density at radius 2 is 1.74 bits per heavy atom. The van der Waals surface area contributed by atoms with Gasteiger partial charge in [0.1, 0.15) is 11.3 Å². The van der Waals surface area contributed by atoms with Crippen molar-refractivity contribution in [3.05, 3.63) is 78.5 Å². The van der Waals surface area contributed by atoms with Crippen LogP contribution in [0.3, 0.4) is 0 Å². The molecule has 1 amide bonds. The van der Waals surface area contributed by atoms with E-state index in [0.29, 0.717) is 11.4 Å². The Labute approximate surface area is 230 Å². The molecule has 4 aromatic rings. The molecule has 39 heavy (non-hydrogen) atoms. The van der Waals surface area contributed by atoms with Gasteiger partial charge in [-0.2, -0.15) is 5.10 Å². The Morgan fingerprint density at radius 3 is 2.44 bits per heavy atom. The van der Waals surface area contributed by atoms with Gasteiger partial charge in [-0.1, -0.05) is 45.0 Å². The number of rotatable bonds is 6. The SMILES string of the molecule is CC(C)(C)OC(=O)N(c1cnc2ccccc2c1)c1cccc(F)c1-n1nccc1CO[Si](C)(C)C(C)(C)C. The molecular formula is C30H37FN4O3Si. The quantitative estimate of drug-likeness (QED) is 0.227. The van der Waals surface area contributed by atoms with Crippen molar-refractivity contribution in [1.82, 2.24) is 14.8 Å². The van der Waals surface area contributed by atoms with E-state index in [4.69, 9.17) is 9.16 Å². The van der Waals surface area contributed by atoms with Crippen LogP contribution in [0, 0.1) is 5.82 Å². The zero-order chi connectivity index (χ0) is 28.6. The molecule has 9 heteroatoms. The molecule has 0 N–H and O–H groups in total. The van der Waals surface area contributed by atoms with Crippen LogP contribution >= 0.6 is 0 Å². The number of hydrogen-bond donors (Lipinski definition) is 0. The second-order valence-electron chi connectivity index (χ2n) is 12.1. The standard InChI is InChI=1S/C30H37FN4O3Si/c1-29(2,3)38-28(36)34(23-18-21-12-9-10-14-25(21)32-19-23)26-15-11-13-24(31)27(26)35-22(16-17-33-35)20-37-39(7,8)30(4,5)6/h9-19H,20H2,1-8H3. The van der Waals surface area contributed by atoms with Gasteiger partial charge in [0.05, 0.1) is 35.4 Å². The largest absolute Gasteiger partial charge is 0.443 e. The van der Waals surface area contributed by atoms with E-state index in [-0.39, 0.29) is 23.0 Å². The summed E-state index contributed by atoms with van der Waals surface area (Å²) in [5.74, 6) is -0.535.